The molecule has 1 aromatic heterocycles. The van der Waals surface area contributed by atoms with Crippen molar-refractivity contribution in [2.24, 2.45) is 0 Å². The minimum absolute atomic E-state index is 0.259. The minimum Gasteiger partial charge on any atom is -0.306 e. The Morgan fingerprint density at radius 3 is 2.75 bits per heavy atom. The highest BCUT2D eigenvalue weighted by atomic mass is 19.1. The number of nitrogens with zero attached hydrogens (tertiary/aromatic N) is 1. The molecule has 4 heteroatoms. The van der Waals surface area contributed by atoms with Gasteiger partial charge >= 0.3 is 0 Å². The number of pyridine rings is 1. The number of aromatic nitrogens is 1. The van der Waals surface area contributed by atoms with E-state index in [9.17, 15) is 8.78 Å². The first kappa shape index (κ1) is 14.6. The molecule has 1 atom stereocenters. The average Bonchev–Trinajstić information content (AvgIpc) is 2.44. The van der Waals surface area contributed by atoms with Crippen LogP contribution in [0.3, 0.4) is 0 Å². The predicted octanol–water partition coefficient (Wildman–Crippen LogP) is 3.76. The number of halogens is 2. The van der Waals surface area contributed by atoms with E-state index >= 15 is 0 Å². The summed E-state index contributed by atoms with van der Waals surface area (Å²) in [4.78, 5) is 3.85. The monoisotopic (exact) mass is 276 g/mol. The molecule has 0 radical (unpaired) electrons. The quantitative estimate of drug-likeness (QED) is 0.899. The van der Waals surface area contributed by atoms with Gasteiger partial charge in [0.05, 0.1) is 12.2 Å². The molecule has 1 N–H and O–H groups in total. The molecule has 0 spiro atoms. The third kappa shape index (κ3) is 3.20. The fourth-order valence-corrected chi connectivity index (χ4v) is 2.18. The molecule has 0 saturated carbocycles. The van der Waals surface area contributed by atoms with Gasteiger partial charge < -0.3 is 5.32 Å². The first-order chi connectivity index (χ1) is 9.63. The van der Waals surface area contributed by atoms with Gasteiger partial charge in [0.2, 0.25) is 0 Å². The largest absolute Gasteiger partial charge is 0.306 e. The van der Waals surface area contributed by atoms with E-state index < -0.39 is 11.9 Å². The Balaban J connectivity index is 2.44. The van der Waals surface area contributed by atoms with Crippen LogP contribution in [-0.2, 0) is 0 Å². The molecule has 1 unspecified atom stereocenters. The van der Waals surface area contributed by atoms with Gasteiger partial charge in [-0.25, -0.2) is 8.78 Å². The minimum atomic E-state index is -0.418. The first-order valence-corrected chi connectivity index (χ1v) is 6.72. The van der Waals surface area contributed by atoms with Gasteiger partial charge in [-0.2, -0.15) is 0 Å². The second-order valence-corrected chi connectivity index (χ2v) is 4.80. The summed E-state index contributed by atoms with van der Waals surface area (Å²) in [6.45, 7) is 4.47. The summed E-state index contributed by atoms with van der Waals surface area (Å²) in [6, 6.07) is 6.25. The highest BCUT2D eigenvalue weighted by molar-refractivity contribution is 5.34. The molecule has 2 nitrogen and oxygen atoms in total. The second-order valence-electron chi connectivity index (χ2n) is 4.80. The van der Waals surface area contributed by atoms with Gasteiger partial charge in [0.1, 0.15) is 11.6 Å². The van der Waals surface area contributed by atoms with E-state index in [4.69, 9.17) is 0 Å². The molecule has 1 aromatic carbocycles. The van der Waals surface area contributed by atoms with E-state index in [1.165, 1.54) is 6.07 Å². The molecule has 106 valence electrons. The summed E-state index contributed by atoms with van der Waals surface area (Å²) >= 11 is 0. The average molecular weight is 276 g/mol. The summed E-state index contributed by atoms with van der Waals surface area (Å²) in [5, 5.41) is 3.25. The van der Waals surface area contributed by atoms with Gasteiger partial charge in [0.25, 0.3) is 0 Å². The molecule has 2 rings (SSSR count). The van der Waals surface area contributed by atoms with E-state index in [1.807, 2.05) is 6.92 Å². The zero-order chi connectivity index (χ0) is 14.5. The van der Waals surface area contributed by atoms with Gasteiger partial charge in [-0.15, -0.1) is 0 Å². The summed E-state index contributed by atoms with van der Waals surface area (Å²) in [6.07, 6.45) is 3.62. The highest BCUT2D eigenvalue weighted by Crippen LogP contribution is 2.26. The maximum Gasteiger partial charge on any atom is 0.141 e. The summed E-state index contributed by atoms with van der Waals surface area (Å²) < 4.78 is 27.7. The van der Waals surface area contributed by atoms with Crippen molar-refractivity contribution in [1.29, 1.82) is 0 Å². The van der Waals surface area contributed by atoms with Crippen molar-refractivity contribution in [1.82, 2.24) is 10.3 Å². The fourth-order valence-electron chi connectivity index (χ4n) is 2.18. The molecule has 0 aliphatic heterocycles. The van der Waals surface area contributed by atoms with Crippen molar-refractivity contribution in [2.75, 3.05) is 6.54 Å². The van der Waals surface area contributed by atoms with Crippen LogP contribution in [0, 0.1) is 18.6 Å². The third-order valence-electron chi connectivity index (χ3n) is 3.19. The van der Waals surface area contributed by atoms with Crippen LogP contribution in [-0.4, -0.2) is 11.5 Å². The van der Waals surface area contributed by atoms with Crippen LogP contribution in [0.1, 0.15) is 36.1 Å². The van der Waals surface area contributed by atoms with Crippen LogP contribution in [0.2, 0.25) is 0 Å². The lowest BCUT2D eigenvalue weighted by Crippen LogP contribution is -2.24. The Kier molecular flexibility index (Phi) is 4.79. The van der Waals surface area contributed by atoms with Crippen LogP contribution in [0.4, 0.5) is 8.78 Å². The number of hydrogen-bond donors (Lipinski definition) is 1. The van der Waals surface area contributed by atoms with Crippen molar-refractivity contribution in [2.45, 2.75) is 26.3 Å². The van der Waals surface area contributed by atoms with Gasteiger partial charge in [-0.05, 0) is 37.1 Å². The van der Waals surface area contributed by atoms with Crippen LogP contribution in [0.5, 0.6) is 0 Å². The van der Waals surface area contributed by atoms with E-state index in [1.54, 1.807) is 31.3 Å². The zero-order valence-corrected chi connectivity index (χ0v) is 11.7. The van der Waals surface area contributed by atoms with Crippen LogP contribution in [0.25, 0.3) is 0 Å². The molecular formula is C16H18F2N2. The molecule has 0 fully saturated rings. The lowest BCUT2D eigenvalue weighted by atomic mass is 9.97. The number of aryl methyl sites for hydroxylation is 1. The standard InChI is InChI=1S/C16H18F2N2/c1-3-7-20-16(12-8-13(17)10-19-9-12)14-6-4-5-11(2)15(14)18/h4-6,8-10,16,20H,3,7H2,1-2H3. The predicted molar refractivity (Wildman–Crippen MR) is 75.5 cm³/mol. The van der Waals surface area contributed by atoms with Gasteiger partial charge in [0, 0.05) is 11.8 Å². The van der Waals surface area contributed by atoms with E-state index in [0.717, 1.165) is 12.6 Å². The van der Waals surface area contributed by atoms with Crippen LogP contribution < -0.4 is 5.32 Å². The Bertz CT molecular complexity index is 584. The molecule has 1 heterocycles. The lowest BCUT2D eigenvalue weighted by Gasteiger charge is -2.20. The van der Waals surface area contributed by atoms with Crippen molar-refractivity contribution in [3.63, 3.8) is 0 Å². The van der Waals surface area contributed by atoms with Crippen molar-refractivity contribution in [3.8, 4) is 0 Å². The number of hydrogen-bond acceptors (Lipinski definition) is 2. The van der Waals surface area contributed by atoms with Crippen molar-refractivity contribution >= 4 is 0 Å². The molecule has 0 bridgehead atoms. The summed E-state index contributed by atoms with van der Waals surface area (Å²) in [5.41, 5.74) is 1.73. The van der Waals surface area contributed by atoms with Crippen LogP contribution >= 0.6 is 0 Å². The van der Waals surface area contributed by atoms with Gasteiger partial charge in [0.15, 0.2) is 0 Å². The maximum atomic E-state index is 14.3. The third-order valence-corrected chi connectivity index (χ3v) is 3.19. The Hall–Kier alpha value is -1.81. The van der Waals surface area contributed by atoms with Crippen LogP contribution in [0.15, 0.2) is 36.7 Å². The number of benzene rings is 1. The topological polar surface area (TPSA) is 24.9 Å². The fraction of sp³-hybridized carbons (Fsp3) is 0.312. The van der Waals surface area contributed by atoms with Gasteiger partial charge in [-0.3, -0.25) is 4.98 Å². The SMILES string of the molecule is CCCNC(c1cncc(F)c1)c1cccc(C)c1F. The molecular weight excluding hydrogens is 258 g/mol. The maximum absolute atomic E-state index is 14.3. The van der Waals surface area contributed by atoms with Crippen molar-refractivity contribution < 1.29 is 8.78 Å². The molecule has 0 aliphatic rings. The Morgan fingerprint density at radius 2 is 2.05 bits per heavy atom. The van der Waals surface area contributed by atoms with Gasteiger partial charge in [-0.1, -0.05) is 25.1 Å². The zero-order valence-electron chi connectivity index (χ0n) is 11.7. The molecule has 0 amide bonds. The summed E-state index contributed by atoms with van der Waals surface area (Å²) in [5.74, 6) is -0.677. The van der Waals surface area contributed by atoms with E-state index in [2.05, 4.69) is 10.3 Å². The lowest BCUT2D eigenvalue weighted by molar-refractivity contribution is 0.537. The highest BCUT2D eigenvalue weighted by Gasteiger charge is 2.19. The first-order valence-electron chi connectivity index (χ1n) is 6.72. The Labute approximate surface area is 117 Å². The molecule has 0 aliphatic carbocycles. The molecule has 20 heavy (non-hydrogen) atoms. The molecule has 2 aromatic rings. The van der Waals surface area contributed by atoms with E-state index in [0.29, 0.717) is 23.2 Å². The normalized spacial score (nSPS) is 12.4. The molecule has 0 saturated heterocycles. The number of rotatable bonds is 5. The van der Waals surface area contributed by atoms with E-state index in [-0.39, 0.29) is 5.82 Å². The smallest absolute Gasteiger partial charge is 0.141 e. The second kappa shape index (κ2) is 6.57. The Morgan fingerprint density at radius 1 is 1.25 bits per heavy atom. The summed E-state index contributed by atoms with van der Waals surface area (Å²) in [7, 11) is 0. The van der Waals surface area contributed by atoms with Crippen molar-refractivity contribution in [3.05, 3.63) is 65.0 Å². The number of nitrogens with one attached hydrogen (secondary N) is 1.